The quantitative estimate of drug-likeness (QED) is 0.859. The highest BCUT2D eigenvalue weighted by Gasteiger charge is 2.17. The minimum absolute atomic E-state index is 0.148. The fourth-order valence-corrected chi connectivity index (χ4v) is 3.40. The Morgan fingerprint density at radius 3 is 2.40 bits per heavy atom. The van der Waals surface area contributed by atoms with Crippen LogP contribution in [0.3, 0.4) is 0 Å². The Kier molecular flexibility index (Phi) is 5.81. The molecule has 25 heavy (non-hydrogen) atoms. The second-order valence-corrected chi connectivity index (χ2v) is 7.76. The lowest BCUT2D eigenvalue weighted by molar-refractivity contribution is 0.220. The molecule has 2 aromatic rings. The van der Waals surface area contributed by atoms with Crippen LogP contribution in [-0.2, 0) is 16.6 Å². The van der Waals surface area contributed by atoms with Crippen molar-refractivity contribution in [2.45, 2.75) is 25.3 Å². The third kappa shape index (κ3) is 4.58. The Morgan fingerprint density at radius 2 is 1.76 bits per heavy atom. The van der Waals surface area contributed by atoms with Gasteiger partial charge in [-0.05, 0) is 49.7 Å². The lowest BCUT2D eigenvalue weighted by Gasteiger charge is -2.19. The second-order valence-electron chi connectivity index (χ2n) is 5.90. The summed E-state index contributed by atoms with van der Waals surface area (Å²) in [7, 11) is -0.524. The average molecular weight is 361 g/mol. The molecule has 2 rings (SSSR count). The lowest BCUT2D eigenvalue weighted by Crippen LogP contribution is -2.31. The number of carbonyl (C=O) groups excluding carboxylic acids is 1. The summed E-state index contributed by atoms with van der Waals surface area (Å²) in [5.74, 6) is 0. The summed E-state index contributed by atoms with van der Waals surface area (Å²) in [6.07, 6.45) is 0. The van der Waals surface area contributed by atoms with Crippen molar-refractivity contribution in [3.63, 3.8) is 0 Å². The van der Waals surface area contributed by atoms with E-state index >= 15 is 0 Å². The maximum Gasteiger partial charge on any atom is 0.321 e. The molecule has 0 fully saturated rings. The molecule has 2 amide bonds. The van der Waals surface area contributed by atoms with E-state index in [1.807, 2.05) is 31.2 Å². The van der Waals surface area contributed by atoms with Crippen LogP contribution in [0, 0.1) is 13.8 Å². The highest BCUT2D eigenvalue weighted by atomic mass is 32.2. The highest BCUT2D eigenvalue weighted by Crippen LogP contribution is 2.20. The van der Waals surface area contributed by atoms with Gasteiger partial charge in [0.15, 0.2) is 0 Å². The van der Waals surface area contributed by atoms with E-state index < -0.39 is 10.0 Å². The number of urea groups is 1. The molecule has 0 saturated carbocycles. The summed E-state index contributed by atoms with van der Waals surface area (Å²) in [4.78, 5) is 14.1. The van der Waals surface area contributed by atoms with Gasteiger partial charge >= 0.3 is 6.03 Å². The lowest BCUT2D eigenvalue weighted by atomic mass is 10.1. The van der Waals surface area contributed by atoms with Crippen LogP contribution >= 0.6 is 0 Å². The molecule has 134 valence electrons. The van der Waals surface area contributed by atoms with E-state index in [1.165, 1.54) is 13.1 Å². The zero-order valence-corrected chi connectivity index (χ0v) is 15.6. The molecule has 0 aromatic heterocycles. The van der Waals surface area contributed by atoms with Gasteiger partial charge in [0.2, 0.25) is 10.0 Å². The number of hydrogen-bond acceptors (Lipinski definition) is 3. The van der Waals surface area contributed by atoms with Crippen molar-refractivity contribution in [3.8, 4) is 0 Å². The van der Waals surface area contributed by atoms with Gasteiger partial charge in [0.05, 0.1) is 4.90 Å². The normalized spacial score (nSPS) is 11.2. The molecule has 6 nitrogen and oxygen atoms in total. The second kappa shape index (κ2) is 7.67. The summed E-state index contributed by atoms with van der Waals surface area (Å²) in [6.45, 7) is 4.17. The van der Waals surface area contributed by atoms with Crippen molar-refractivity contribution in [3.05, 3.63) is 59.2 Å². The highest BCUT2D eigenvalue weighted by molar-refractivity contribution is 7.89. The summed E-state index contributed by atoms with van der Waals surface area (Å²) in [5, 5.41) is 2.74. The molecule has 2 aromatic carbocycles. The minimum Gasteiger partial charge on any atom is -0.323 e. The number of nitrogens with zero attached hydrogens (tertiary/aromatic N) is 1. The Morgan fingerprint density at radius 1 is 1.08 bits per heavy atom. The minimum atomic E-state index is -3.58. The van der Waals surface area contributed by atoms with Crippen molar-refractivity contribution in [2.75, 3.05) is 19.4 Å². The Bertz CT molecular complexity index is 879. The monoisotopic (exact) mass is 361 g/mol. The van der Waals surface area contributed by atoms with E-state index in [-0.39, 0.29) is 10.9 Å². The smallest absolute Gasteiger partial charge is 0.321 e. The SMILES string of the molecule is CNS(=O)(=O)c1cc(NC(=O)N(C)Cc2ccccc2C)ccc1C. The number of sulfonamides is 1. The van der Waals surface area contributed by atoms with Crippen molar-refractivity contribution < 1.29 is 13.2 Å². The third-order valence-corrected chi connectivity index (χ3v) is 5.57. The van der Waals surface area contributed by atoms with Crippen LogP contribution in [0.4, 0.5) is 10.5 Å². The molecule has 2 N–H and O–H groups in total. The Balaban J connectivity index is 2.15. The van der Waals surface area contributed by atoms with E-state index in [4.69, 9.17) is 0 Å². The topological polar surface area (TPSA) is 78.5 Å². The first kappa shape index (κ1) is 19.0. The summed E-state index contributed by atoms with van der Waals surface area (Å²) in [6, 6.07) is 12.4. The van der Waals surface area contributed by atoms with Crippen LogP contribution in [0.5, 0.6) is 0 Å². The van der Waals surface area contributed by atoms with Crippen LogP contribution in [0.15, 0.2) is 47.4 Å². The number of nitrogens with one attached hydrogen (secondary N) is 2. The molecule has 0 atom stereocenters. The average Bonchev–Trinajstić information content (AvgIpc) is 2.58. The van der Waals surface area contributed by atoms with E-state index in [1.54, 1.807) is 31.0 Å². The molecule has 0 unspecified atom stereocenters. The predicted octanol–water partition coefficient (Wildman–Crippen LogP) is 2.88. The van der Waals surface area contributed by atoms with Crippen molar-refractivity contribution >= 4 is 21.7 Å². The summed E-state index contributed by atoms with van der Waals surface area (Å²) < 4.78 is 26.4. The molecule has 7 heteroatoms. The molecule has 0 spiro atoms. The van der Waals surface area contributed by atoms with E-state index in [0.717, 1.165) is 11.1 Å². The molecule has 0 radical (unpaired) electrons. The van der Waals surface area contributed by atoms with Gasteiger partial charge in [-0.2, -0.15) is 0 Å². The van der Waals surface area contributed by atoms with Gasteiger partial charge in [0, 0.05) is 19.3 Å². The molecule has 0 saturated heterocycles. The Labute approximate surface area is 148 Å². The number of aryl methyl sites for hydroxylation is 2. The zero-order valence-electron chi connectivity index (χ0n) is 14.8. The maximum absolute atomic E-state index is 12.4. The first-order valence-electron chi connectivity index (χ1n) is 7.85. The van der Waals surface area contributed by atoms with Gasteiger partial charge in [-0.15, -0.1) is 0 Å². The molecule has 0 aliphatic rings. The number of benzene rings is 2. The van der Waals surface area contributed by atoms with Crippen LogP contribution < -0.4 is 10.0 Å². The number of amides is 2. The largest absolute Gasteiger partial charge is 0.323 e. The van der Waals surface area contributed by atoms with Gasteiger partial charge in [-0.3, -0.25) is 0 Å². The predicted molar refractivity (Wildman–Crippen MR) is 99.1 cm³/mol. The van der Waals surface area contributed by atoms with Gasteiger partial charge in [0.1, 0.15) is 0 Å². The Hall–Kier alpha value is -2.38. The first-order valence-corrected chi connectivity index (χ1v) is 9.33. The summed E-state index contributed by atoms with van der Waals surface area (Å²) >= 11 is 0. The third-order valence-electron chi connectivity index (χ3n) is 4.01. The van der Waals surface area contributed by atoms with Crippen LogP contribution in [0.1, 0.15) is 16.7 Å². The zero-order chi connectivity index (χ0) is 18.6. The number of rotatable bonds is 5. The molecule has 0 aliphatic carbocycles. The first-order chi connectivity index (χ1) is 11.7. The molecule has 0 bridgehead atoms. The maximum atomic E-state index is 12.4. The van der Waals surface area contributed by atoms with Crippen molar-refractivity contribution in [1.29, 1.82) is 0 Å². The van der Waals surface area contributed by atoms with E-state index in [0.29, 0.717) is 17.8 Å². The van der Waals surface area contributed by atoms with Crippen LogP contribution in [-0.4, -0.2) is 33.4 Å². The number of anilines is 1. The van der Waals surface area contributed by atoms with Gasteiger partial charge in [-0.25, -0.2) is 17.9 Å². The fourth-order valence-electron chi connectivity index (χ4n) is 2.41. The number of carbonyl (C=O) groups is 1. The standard InChI is InChI=1S/C18H23N3O3S/c1-13-7-5-6-8-15(13)12-21(4)18(22)20-16-10-9-14(2)17(11-16)25(23,24)19-3/h5-11,19H,12H2,1-4H3,(H,20,22). The van der Waals surface area contributed by atoms with Gasteiger partial charge in [0.25, 0.3) is 0 Å². The number of hydrogen-bond donors (Lipinski definition) is 2. The van der Waals surface area contributed by atoms with E-state index in [9.17, 15) is 13.2 Å². The van der Waals surface area contributed by atoms with Gasteiger partial charge < -0.3 is 10.2 Å². The van der Waals surface area contributed by atoms with Crippen molar-refractivity contribution in [2.24, 2.45) is 0 Å². The van der Waals surface area contributed by atoms with Crippen LogP contribution in [0.25, 0.3) is 0 Å². The fraction of sp³-hybridized carbons (Fsp3) is 0.278. The molecular formula is C18H23N3O3S. The van der Waals surface area contributed by atoms with Crippen molar-refractivity contribution in [1.82, 2.24) is 9.62 Å². The molecular weight excluding hydrogens is 338 g/mol. The summed E-state index contributed by atoms with van der Waals surface area (Å²) in [5.41, 5.74) is 3.21. The molecule has 0 heterocycles. The van der Waals surface area contributed by atoms with Crippen LogP contribution in [0.2, 0.25) is 0 Å². The van der Waals surface area contributed by atoms with E-state index in [2.05, 4.69) is 10.0 Å². The van der Waals surface area contributed by atoms with Gasteiger partial charge in [-0.1, -0.05) is 30.3 Å². The molecule has 0 aliphatic heterocycles.